The second-order valence-electron chi connectivity index (χ2n) is 10.2. The lowest BCUT2D eigenvalue weighted by Gasteiger charge is -2.48. The normalized spacial score (nSPS) is 27.0. The predicted octanol–water partition coefficient (Wildman–Crippen LogP) is 6.68. The highest BCUT2D eigenvalue weighted by atomic mass is 16.7. The van der Waals surface area contributed by atoms with Gasteiger partial charge < -0.3 is 18.9 Å². The summed E-state index contributed by atoms with van der Waals surface area (Å²) in [6.45, 7) is 20.1. The lowest BCUT2D eigenvalue weighted by atomic mass is 9.80. The lowest BCUT2D eigenvalue weighted by Crippen LogP contribution is -2.54. The molecule has 1 aliphatic heterocycles. The van der Waals surface area contributed by atoms with Crippen molar-refractivity contribution in [3.63, 3.8) is 0 Å². The summed E-state index contributed by atoms with van der Waals surface area (Å²) in [5.74, 6) is -0.397. The first kappa shape index (κ1) is 27.6. The van der Waals surface area contributed by atoms with Crippen molar-refractivity contribution in [2.45, 2.75) is 99.4 Å². The van der Waals surface area contributed by atoms with E-state index < -0.39 is 5.79 Å². The predicted molar refractivity (Wildman–Crippen MR) is 131 cm³/mol. The smallest absolute Gasteiger partial charge is 0.313 e. The van der Waals surface area contributed by atoms with Crippen LogP contribution in [0.25, 0.3) is 0 Å². The molecule has 33 heavy (non-hydrogen) atoms. The molecule has 0 radical (unpaired) electrons. The van der Waals surface area contributed by atoms with Crippen LogP contribution in [0.15, 0.2) is 42.2 Å². The minimum absolute atomic E-state index is 0.0273. The van der Waals surface area contributed by atoms with Crippen LogP contribution < -0.4 is 0 Å². The van der Waals surface area contributed by atoms with Gasteiger partial charge in [0, 0.05) is 17.8 Å². The Hall–Kier alpha value is -1.69. The maximum atomic E-state index is 12.4. The van der Waals surface area contributed by atoms with Gasteiger partial charge in [-0.3, -0.25) is 4.79 Å². The van der Waals surface area contributed by atoms with E-state index >= 15 is 0 Å². The quantitative estimate of drug-likeness (QED) is 0.304. The Balaban J connectivity index is 2.37. The molecule has 1 aliphatic rings. The minimum Gasteiger partial charge on any atom is -0.431 e. The summed E-state index contributed by atoms with van der Waals surface area (Å²) in [6, 6.07) is 10.2. The van der Waals surface area contributed by atoms with E-state index in [0.29, 0.717) is 5.76 Å². The Morgan fingerprint density at radius 1 is 1.03 bits per heavy atom. The van der Waals surface area contributed by atoms with Gasteiger partial charge in [0.15, 0.2) is 5.79 Å². The fraction of sp³-hybridized carbons (Fsp3) is 0.679. The first-order valence-electron chi connectivity index (χ1n) is 12.3. The molecule has 1 fully saturated rings. The molecule has 0 unspecified atom stereocenters. The Labute approximate surface area is 200 Å². The summed E-state index contributed by atoms with van der Waals surface area (Å²) >= 11 is 0. The molecular weight excluding hydrogens is 416 g/mol. The number of carbonyl (C=O) groups is 1. The molecular formula is C28H44O5. The molecule has 1 aromatic carbocycles. The van der Waals surface area contributed by atoms with Gasteiger partial charge in [0.1, 0.15) is 5.76 Å². The SMILES string of the molecule is C/C=C(\OC(=O)C(C)C)[C@@H](C)[C@@H](O[C@@H](C)c1ccccc1)[C@H](C)[C@@H]1OC(C)(C)O[C@H](C)[C@H]1C. The molecule has 2 rings (SSSR count). The van der Waals surface area contributed by atoms with Gasteiger partial charge in [-0.25, -0.2) is 0 Å². The topological polar surface area (TPSA) is 54.0 Å². The summed E-state index contributed by atoms with van der Waals surface area (Å²) in [7, 11) is 0. The van der Waals surface area contributed by atoms with Crippen molar-refractivity contribution in [3.8, 4) is 0 Å². The van der Waals surface area contributed by atoms with Crippen LogP contribution in [-0.4, -0.2) is 30.1 Å². The first-order valence-corrected chi connectivity index (χ1v) is 12.3. The molecule has 1 aromatic rings. The van der Waals surface area contributed by atoms with Crippen LogP contribution in [0, 0.1) is 23.7 Å². The van der Waals surface area contributed by atoms with Crippen molar-refractivity contribution in [2.75, 3.05) is 0 Å². The second kappa shape index (κ2) is 11.6. The molecule has 5 heteroatoms. The zero-order valence-electron chi connectivity index (χ0n) is 22.1. The van der Waals surface area contributed by atoms with Gasteiger partial charge >= 0.3 is 5.97 Å². The van der Waals surface area contributed by atoms with Gasteiger partial charge in [-0.05, 0) is 46.3 Å². The maximum Gasteiger partial charge on any atom is 0.313 e. The fourth-order valence-corrected chi connectivity index (χ4v) is 4.60. The van der Waals surface area contributed by atoms with Crippen LogP contribution >= 0.6 is 0 Å². The number of allylic oxidation sites excluding steroid dienone is 1. The van der Waals surface area contributed by atoms with Gasteiger partial charge in [-0.15, -0.1) is 0 Å². The highest BCUT2D eigenvalue weighted by Crippen LogP contribution is 2.39. The molecule has 1 saturated heterocycles. The number of rotatable bonds is 9. The molecule has 186 valence electrons. The summed E-state index contributed by atoms with van der Waals surface area (Å²) in [5.41, 5.74) is 1.11. The van der Waals surface area contributed by atoms with E-state index in [1.807, 2.05) is 58.9 Å². The van der Waals surface area contributed by atoms with Crippen molar-refractivity contribution in [2.24, 2.45) is 23.7 Å². The molecule has 7 atom stereocenters. The van der Waals surface area contributed by atoms with Crippen molar-refractivity contribution >= 4 is 5.97 Å². The number of hydrogen-bond donors (Lipinski definition) is 0. The third-order valence-corrected chi connectivity index (χ3v) is 6.73. The fourth-order valence-electron chi connectivity index (χ4n) is 4.60. The van der Waals surface area contributed by atoms with Crippen LogP contribution in [0.2, 0.25) is 0 Å². The third kappa shape index (κ3) is 7.14. The molecule has 0 N–H and O–H groups in total. The number of carbonyl (C=O) groups excluding carboxylic acids is 1. The van der Waals surface area contributed by atoms with Crippen molar-refractivity contribution in [1.82, 2.24) is 0 Å². The Morgan fingerprint density at radius 2 is 1.64 bits per heavy atom. The number of benzene rings is 1. The summed E-state index contributed by atoms with van der Waals surface area (Å²) in [4.78, 5) is 12.4. The van der Waals surface area contributed by atoms with Gasteiger partial charge in [-0.1, -0.05) is 65.0 Å². The first-order chi connectivity index (χ1) is 15.4. The van der Waals surface area contributed by atoms with Gasteiger partial charge in [-0.2, -0.15) is 0 Å². The molecule has 0 amide bonds. The molecule has 0 spiro atoms. The highest BCUT2D eigenvalue weighted by Gasteiger charge is 2.45. The van der Waals surface area contributed by atoms with Crippen molar-refractivity contribution in [1.29, 1.82) is 0 Å². The standard InChI is InChI=1S/C28H44O5/c1-11-24(31-27(29)17(2)3)19(5)25(30-22(8)23-15-13-12-14-16-23)20(6)26-18(4)21(7)32-28(9,10)33-26/h11-22,25-26H,1-10H3/b24-11-/t18-,19-,20+,21-,22+,25-,26-/m1/s1. The zero-order chi connectivity index (χ0) is 24.9. The minimum atomic E-state index is -0.669. The van der Waals surface area contributed by atoms with Gasteiger partial charge in [0.25, 0.3) is 0 Å². The average molecular weight is 461 g/mol. The molecule has 0 bridgehead atoms. The number of esters is 1. The van der Waals surface area contributed by atoms with E-state index in [-0.39, 0.29) is 54.1 Å². The van der Waals surface area contributed by atoms with Crippen LogP contribution in [-0.2, 0) is 23.7 Å². The van der Waals surface area contributed by atoms with Gasteiger partial charge in [0.05, 0.1) is 30.3 Å². The summed E-state index contributed by atoms with van der Waals surface area (Å²) in [5, 5.41) is 0. The van der Waals surface area contributed by atoms with E-state index in [1.54, 1.807) is 0 Å². The average Bonchev–Trinajstić information content (AvgIpc) is 2.77. The van der Waals surface area contributed by atoms with E-state index in [2.05, 4.69) is 46.8 Å². The Bertz CT molecular complexity index is 785. The largest absolute Gasteiger partial charge is 0.431 e. The molecule has 5 nitrogen and oxygen atoms in total. The second-order valence-corrected chi connectivity index (χ2v) is 10.2. The molecule has 1 heterocycles. The van der Waals surface area contributed by atoms with Crippen LogP contribution in [0.5, 0.6) is 0 Å². The Kier molecular flexibility index (Phi) is 9.71. The molecule has 0 aromatic heterocycles. The summed E-state index contributed by atoms with van der Waals surface area (Å²) in [6.07, 6.45) is 1.50. The van der Waals surface area contributed by atoms with Crippen molar-refractivity contribution < 1.29 is 23.7 Å². The zero-order valence-corrected chi connectivity index (χ0v) is 22.1. The Morgan fingerprint density at radius 3 is 2.18 bits per heavy atom. The summed E-state index contributed by atoms with van der Waals surface area (Å²) < 4.78 is 25.0. The van der Waals surface area contributed by atoms with Crippen LogP contribution in [0.1, 0.15) is 80.9 Å². The number of hydrogen-bond acceptors (Lipinski definition) is 5. The van der Waals surface area contributed by atoms with E-state index in [9.17, 15) is 4.79 Å². The number of ether oxygens (including phenoxy) is 4. The molecule has 0 aliphatic carbocycles. The third-order valence-electron chi connectivity index (χ3n) is 6.73. The highest BCUT2D eigenvalue weighted by molar-refractivity contribution is 5.72. The van der Waals surface area contributed by atoms with Crippen molar-refractivity contribution in [3.05, 3.63) is 47.7 Å². The van der Waals surface area contributed by atoms with E-state index in [4.69, 9.17) is 18.9 Å². The monoisotopic (exact) mass is 460 g/mol. The van der Waals surface area contributed by atoms with E-state index in [1.165, 1.54) is 0 Å². The van der Waals surface area contributed by atoms with E-state index in [0.717, 1.165) is 5.56 Å². The molecule has 0 saturated carbocycles. The lowest BCUT2D eigenvalue weighted by molar-refractivity contribution is -0.329. The van der Waals surface area contributed by atoms with Crippen LogP contribution in [0.4, 0.5) is 0 Å². The maximum absolute atomic E-state index is 12.4. The van der Waals surface area contributed by atoms with Crippen LogP contribution in [0.3, 0.4) is 0 Å². The van der Waals surface area contributed by atoms with Gasteiger partial charge in [0.2, 0.25) is 0 Å².